The third-order valence-corrected chi connectivity index (χ3v) is 6.64. The van der Waals surface area contributed by atoms with E-state index in [2.05, 4.69) is 5.32 Å². The van der Waals surface area contributed by atoms with Gasteiger partial charge < -0.3 is 10.4 Å². The fraction of sp³-hybridized carbons (Fsp3) is 0.200. The van der Waals surface area contributed by atoms with Gasteiger partial charge in [-0.1, -0.05) is 0 Å². The molecule has 0 radical (unpaired) electrons. The zero-order valence-electron chi connectivity index (χ0n) is 16.6. The predicted octanol–water partition coefficient (Wildman–Crippen LogP) is 1.56. The van der Waals surface area contributed by atoms with Crippen LogP contribution >= 0.6 is 11.8 Å². The number of sulfonamides is 1. The lowest BCUT2D eigenvalue weighted by Gasteiger charge is -2.15. The quantitative estimate of drug-likeness (QED) is 0.482. The number of carbonyl (C=O) groups excluding carboxylic acids is 3. The van der Waals surface area contributed by atoms with Crippen molar-refractivity contribution in [2.24, 2.45) is 5.14 Å². The standard InChI is InChI=1S/C20H19N3O7S2/c21-32(29,30)15-7-3-13(4-8-15)23-18(25)11-16(20(23)28)31-14-5-1-12(2-6-14)22-17(24)9-10-19(26)27/h1-8,16H,9-11H2,(H,22,24)(H,26,27)(H2,21,29,30)/t16-/m0/s1. The molecule has 10 nitrogen and oxygen atoms in total. The first-order valence-corrected chi connectivity index (χ1v) is 11.8. The highest BCUT2D eigenvalue weighted by atomic mass is 32.2. The number of carbonyl (C=O) groups is 4. The van der Waals surface area contributed by atoms with Crippen LogP contribution in [0.5, 0.6) is 0 Å². The number of hydrogen-bond donors (Lipinski definition) is 3. The molecular formula is C20H19N3O7S2. The number of benzene rings is 2. The summed E-state index contributed by atoms with van der Waals surface area (Å²) in [4.78, 5) is 49.0. The van der Waals surface area contributed by atoms with Gasteiger partial charge in [-0.15, -0.1) is 11.8 Å². The van der Waals surface area contributed by atoms with Gasteiger partial charge >= 0.3 is 5.97 Å². The zero-order valence-corrected chi connectivity index (χ0v) is 18.2. The molecule has 0 unspecified atom stereocenters. The molecule has 0 aliphatic carbocycles. The van der Waals surface area contributed by atoms with E-state index >= 15 is 0 Å². The molecule has 168 valence electrons. The number of anilines is 2. The monoisotopic (exact) mass is 477 g/mol. The molecule has 1 saturated heterocycles. The highest BCUT2D eigenvalue weighted by Crippen LogP contribution is 2.34. The molecule has 1 aliphatic heterocycles. The van der Waals surface area contributed by atoms with Gasteiger partial charge in [0, 0.05) is 23.4 Å². The molecular weight excluding hydrogens is 458 g/mol. The fourth-order valence-corrected chi connectivity index (χ4v) is 4.55. The van der Waals surface area contributed by atoms with Crippen LogP contribution < -0.4 is 15.4 Å². The molecule has 0 aromatic heterocycles. The molecule has 12 heteroatoms. The van der Waals surface area contributed by atoms with Gasteiger partial charge in [0.05, 0.1) is 22.3 Å². The van der Waals surface area contributed by atoms with Crippen LogP contribution in [0.1, 0.15) is 19.3 Å². The number of hydrogen-bond acceptors (Lipinski definition) is 7. The topological polar surface area (TPSA) is 164 Å². The Morgan fingerprint density at radius 2 is 1.69 bits per heavy atom. The second-order valence-electron chi connectivity index (χ2n) is 6.88. The maximum absolute atomic E-state index is 12.8. The van der Waals surface area contributed by atoms with E-state index in [0.717, 1.165) is 4.90 Å². The van der Waals surface area contributed by atoms with Crippen LogP contribution in [-0.2, 0) is 29.2 Å². The highest BCUT2D eigenvalue weighted by molar-refractivity contribution is 8.00. The van der Waals surface area contributed by atoms with Crippen molar-refractivity contribution < 1.29 is 32.7 Å². The van der Waals surface area contributed by atoms with Crippen LogP contribution in [0.4, 0.5) is 11.4 Å². The number of nitrogens with one attached hydrogen (secondary N) is 1. The second kappa shape index (κ2) is 9.51. The number of carboxylic acids is 1. The summed E-state index contributed by atoms with van der Waals surface area (Å²) in [7, 11) is -3.88. The summed E-state index contributed by atoms with van der Waals surface area (Å²) in [5.74, 6) is -2.31. The lowest BCUT2D eigenvalue weighted by atomic mass is 10.2. The summed E-state index contributed by atoms with van der Waals surface area (Å²) in [6, 6.07) is 11.8. The van der Waals surface area contributed by atoms with Gasteiger partial charge in [-0.3, -0.25) is 19.2 Å². The first-order chi connectivity index (χ1) is 15.0. The molecule has 1 fully saturated rings. The van der Waals surface area contributed by atoms with E-state index in [0.29, 0.717) is 10.6 Å². The number of rotatable bonds is 8. The van der Waals surface area contributed by atoms with Gasteiger partial charge in [0.1, 0.15) is 0 Å². The van der Waals surface area contributed by atoms with Crippen LogP contribution in [0.25, 0.3) is 0 Å². The summed E-state index contributed by atoms with van der Waals surface area (Å²) in [6.07, 6.45) is -0.425. The molecule has 0 spiro atoms. The number of imide groups is 1. The number of primary sulfonamides is 1. The van der Waals surface area contributed by atoms with Crippen molar-refractivity contribution in [3.8, 4) is 0 Å². The zero-order chi connectivity index (χ0) is 23.5. The summed E-state index contributed by atoms with van der Waals surface area (Å²) in [5, 5.41) is 15.6. The number of nitrogens with two attached hydrogens (primary N) is 1. The Labute approximate surface area is 187 Å². The van der Waals surface area contributed by atoms with Gasteiger partial charge in [0.15, 0.2) is 0 Å². The lowest BCUT2D eigenvalue weighted by molar-refractivity contribution is -0.138. The average Bonchev–Trinajstić information content (AvgIpc) is 3.00. The number of thioether (sulfide) groups is 1. The summed E-state index contributed by atoms with van der Waals surface area (Å²) in [5.41, 5.74) is 0.741. The molecule has 2 aromatic carbocycles. The minimum atomic E-state index is -3.88. The first kappa shape index (κ1) is 23.4. The average molecular weight is 478 g/mol. The normalized spacial score (nSPS) is 16.3. The molecule has 3 rings (SSSR count). The molecule has 0 saturated carbocycles. The van der Waals surface area contributed by atoms with E-state index in [1.165, 1.54) is 36.0 Å². The van der Waals surface area contributed by atoms with Crippen LogP contribution in [0.15, 0.2) is 58.3 Å². The third-order valence-electron chi connectivity index (χ3n) is 4.51. The molecule has 3 amide bonds. The van der Waals surface area contributed by atoms with E-state index in [1.54, 1.807) is 24.3 Å². The summed E-state index contributed by atoms with van der Waals surface area (Å²) >= 11 is 1.19. The smallest absolute Gasteiger partial charge is 0.303 e. The Kier molecular flexibility index (Phi) is 6.96. The van der Waals surface area contributed by atoms with Gasteiger partial charge in [-0.2, -0.15) is 0 Å². The molecule has 4 N–H and O–H groups in total. The van der Waals surface area contributed by atoms with Crippen molar-refractivity contribution in [1.82, 2.24) is 0 Å². The van der Waals surface area contributed by atoms with E-state index in [1.807, 2.05) is 0 Å². The van der Waals surface area contributed by atoms with E-state index in [9.17, 15) is 27.6 Å². The number of amides is 3. The number of carboxylic acid groups (broad SMARTS) is 1. The summed E-state index contributed by atoms with van der Waals surface area (Å²) in [6.45, 7) is 0. The van der Waals surface area contributed by atoms with Crippen molar-refractivity contribution in [1.29, 1.82) is 0 Å². The van der Waals surface area contributed by atoms with Crippen LogP contribution in [0, 0.1) is 0 Å². The Morgan fingerprint density at radius 3 is 2.25 bits per heavy atom. The van der Waals surface area contributed by atoms with E-state index in [4.69, 9.17) is 10.2 Å². The minimum absolute atomic E-state index is 0.0197. The summed E-state index contributed by atoms with van der Waals surface area (Å²) < 4.78 is 22.7. The van der Waals surface area contributed by atoms with Crippen LogP contribution in [0.3, 0.4) is 0 Å². The van der Waals surface area contributed by atoms with Crippen molar-refractivity contribution in [3.63, 3.8) is 0 Å². The maximum atomic E-state index is 12.8. The lowest BCUT2D eigenvalue weighted by Crippen LogP contribution is -2.31. The molecule has 1 aliphatic rings. The van der Waals surface area contributed by atoms with Gasteiger partial charge in [0.25, 0.3) is 0 Å². The van der Waals surface area contributed by atoms with E-state index < -0.39 is 39.0 Å². The van der Waals surface area contributed by atoms with Crippen LogP contribution in [-0.4, -0.2) is 42.5 Å². The SMILES string of the molecule is NS(=O)(=O)c1ccc(N2C(=O)C[C@H](Sc3ccc(NC(=O)CCC(=O)O)cc3)C2=O)cc1. The Hall–Kier alpha value is -3.22. The first-order valence-electron chi connectivity index (χ1n) is 9.32. The van der Waals surface area contributed by atoms with Crippen molar-refractivity contribution >= 4 is 56.9 Å². The molecule has 1 heterocycles. The van der Waals surface area contributed by atoms with Gasteiger partial charge in [-0.05, 0) is 48.5 Å². The Morgan fingerprint density at radius 1 is 1.06 bits per heavy atom. The van der Waals surface area contributed by atoms with Crippen molar-refractivity contribution in [2.45, 2.75) is 34.3 Å². The third kappa shape index (κ3) is 5.72. The molecule has 32 heavy (non-hydrogen) atoms. The van der Waals surface area contributed by atoms with Gasteiger partial charge in [0.2, 0.25) is 27.7 Å². The number of nitrogens with zero attached hydrogens (tertiary/aromatic N) is 1. The number of aliphatic carboxylic acids is 1. The van der Waals surface area contributed by atoms with Crippen molar-refractivity contribution in [3.05, 3.63) is 48.5 Å². The van der Waals surface area contributed by atoms with Gasteiger partial charge in [-0.25, -0.2) is 18.5 Å². The largest absolute Gasteiger partial charge is 0.481 e. The van der Waals surface area contributed by atoms with Crippen LogP contribution in [0.2, 0.25) is 0 Å². The molecule has 0 bridgehead atoms. The Bertz CT molecular complexity index is 1160. The Balaban J connectivity index is 1.64. The maximum Gasteiger partial charge on any atom is 0.303 e. The fourth-order valence-electron chi connectivity index (χ4n) is 2.98. The van der Waals surface area contributed by atoms with Crippen molar-refractivity contribution in [2.75, 3.05) is 10.2 Å². The highest BCUT2D eigenvalue weighted by Gasteiger charge is 2.40. The molecule has 1 atom stereocenters. The molecule has 2 aromatic rings. The second-order valence-corrected chi connectivity index (χ2v) is 9.72. The minimum Gasteiger partial charge on any atom is -0.481 e. The predicted molar refractivity (Wildman–Crippen MR) is 117 cm³/mol. The van der Waals surface area contributed by atoms with E-state index in [-0.39, 0.29) is 29.8 Å².